The number of amides is 1. The van der Waals surface area contributed by atoms with Gasteiger partial charge in [-0.25, -0.2) is 13.4 Å². The molecule has 5 rings (SSSR count). The summed E-state index contributed by atoms with van der Waals surface area (Å²) in [5, 5.41) is 5.43. The molecule has 4 aromatic rings. The van der Waals surface area contributed by atoms with Gasteiger partial charge in [0.2, 0.25) is 10.0 Å². The number of carbonyl (C=O) groups is 1. The van der Waals surface area contributed by atoms with Crippen LogP contribution in [0.3, 0.4) is 0 Å². The van der Waals surface area contributed by atoms with Crippen LogP contribution in [0.2, 0.25) is 0 Å². The number of carbonyl (C=O) groups excluding carboxylic acids is 1. The summed E-state index contributed by atoms with van der Waals surface area (Å²) in [6, 6.07) is 13.4. The Morgan fingerprint density at radius 1 is 1.13 bits per heavy atom. The Balaban J connectivity index is 1.44. The van der Waals surface area contributed by atoms with E-state index in [0.29, 0.717) is 18.2 Å². The highest BCUT2D eigenvalue weighted by Crippen LogP contribution is 2.32. The van der Waals surface area contributed by atoms with Crippen LogP contribution in [-0.4, -0.2) is 41.3 Å². The van der Waals surface area contributed by atoms with Crippen LogP contribution in [0.5, 0.6) is 0 Å². The summed E-state index contributed by atoms with van der Waals surface area (Å²) in [5.74, 6) is -0.385. The van der Waals surface area contributed by atoms with Gasteiger partial charge in [0.25, 0.3) is 5.91 Å². The third-order valence-corrected chi connectivity index (χ3v) is 8.22. The van der Waals surface area contributed by atoms with E-state index in [4.69, 9.17) is 0 Å². The van der Waals surface area contributed by atoms with Crippen LogP contribution in [0.25, 0.3) is 21.0 Å². The molecule has 2 aromatic carbocycles. The number of nitrogens with one attached hydrogen (secondary N) is 1. The lowest BCUT2D eigenvalue weighted by atomic mass is 10.1. The van der Waals surface area contributed by atoms with Crippen molar-refractivity contribution in [3.05, 3.63) is 54.4 Å². The third kappa shape index (κ3) is 3.19. The minimum atomic E-state index is -3.57. The third-order valence-electron chi connectivity index (χ3n) is 5.42. The molecule has 0 aliphatic carbocycles. The maximum Gasteiger partial charge on any atom is 0.274 e. The number of hydrogen-bond acceptors (Lipinski definition) is 5. The highest BCUT2D eigenvalue weighted by Gasteiger charge is 2.29. The van der Waals surface area contributed by atoms with Crippen molar-refractivity contribution in [1.82, 2.24) is 13.9 Å². The van der Waals surface area contributed by atoms with Gasteiger partial charge in [0, 0.05) is 31.7 Å². The van der Waals surface area contributed by atoms with Crippen molar-refractivity contribution in [2.45, 2.75) is 17.7 Å². The van der Waals surface area contributed by atoms with Crippen molar-refractivity contribution >= 4 is 53.4 Å². The molecule has 2 aromatic heterocycles. The minimum absolute atomic E-state index is 0.146. The van der Waals surface area contributed by atoms with Gasteiger partial charge in [-0.2, -0.15) is 4.31 Å². The summed E-state index contributed by atoms with van der Waals surface area (Å²) in [7, 11) is -1.90. The van der Waals surface area contributed by atoms with E-state index in [-0.39, 0.29) is 16.5 Å². The summed E-state index contributed by atoms with van der Waals surface area (Å²) in [6.45, 7) is 1.05. The predicted octanol–water partition coefficient (Wildman–Crippen LogP) is 3.82. The molecule has 1 N–H and O–H groups in total. The lowest BCUT2D eigenvalue weighted by Gasteiger charge is -2.13. The van der Waals surface area contributed by atoms with Gasteiger partial charge in [-0.1, -0.05) is 41.7 Å². The number of sulfonamides is 1. The second-order valence-corrected chi connectivity index (χ2v) is 10.4. The molecule has 3 heterocycles. The first-order chi connectivity index (χ1) is 14.4. The van der Waals surface area contributed by atoms with E-state index in [0.717, 1.165) is 33.8 Å². The van der Waals surface area contributed by atoms with Gasteiger partial charge in [-0.3, -0.25) is 10.1 Å². The van der Waals surface area contributed by atoms with Crippen LogP contribution in [0.15, 0.2) is 53.6 Å². The molecular formula is C21H20N4O3S2. The Morgan fingerprint density at radius 3 is 2.70 bits per heavy atom. The summed E-state index contributed by atoms with van der Waals surface area (Å²) >= 11 is 1.39. The Morgan fingerprint density at radius 2 is 1.90 bits per heavy atom. The van der Waals surface area contributed by atoms with Gasteiger partial charge < -0.3 is 4.57 Å². The standard InChI is InChI=1S/C21H20N4O3S2/c1-24-13-15(30(27,28)25-10-4-5-11-25)12-17(24)20(26)23-21-22-19-16-7-3-2-6-14(16)8-9-18(19)29-21/h2-3,6-9,12-13H,4-5,10-11H2,1H3,(H,22,23,26). The topological polar surface area (TPSA) is 84.3 Å². The lowest BCUT2D eigenvalue weighted by molar-refractivity contribution is 0.101. The number of thiazole rings is 1. The van der Waals surface area contributed by atoms with Gasteiger partial charge in [0.05, 0.1) is 10.2 Å². The molecule has 0 bridgehead atoms. The number of aryl methyl sites for hydroxylation is 1. The van der Waals surface area contributed by atoms with Gasteiger partial charge in [-0.15, -0.1) is 0 Å². The Kier molecular flexibility index (Phi) is 4.61. The molecule has 1 aliphatic rings. The average Bonchev–Trinajstić information content (AvgIpc) is 3.47. The lowest BCUT2D eigenvalue weighted by Crippen LogP contribution is -2.27. The SMILES string of the molecule is Cn1cc(S(=O)(=O)N2CCCC2)cc1C(=O)Nc1nc2c(ccc3ccccc32)s1. The smallest absolute Gasteiger partial charge is 0.274 e. The molecule has 1 aliphatic heterocycles. The average molecular weight is 441 g/mol. The first-order valence-corrected chi connectivity index (χ1v) is 12.0. The second kappa shape index (κ2) is 7.19. The fourth-order valence-electron chi connectivity index (χ4n) is 3.85. The molecule has 0 saturated carbocycles. The highest BCUT2D eigenvalue weighted by atomic mass is 32.2. The van der Waals surface area contributed by atoms with Crippen molar-refractivity contribution in [1.29, 1.82) is 0 Å². The number of anilines is 1. The first kappa shape index (κ1) is 19.2. The number of benzene rings is 2. The molecule has 0 unspecified atom stereocenters. The van der Waals surface area contributed by atoms with Crippen LogP contribution in [-0.2, 0) is 17.1 Å². The molecular weight excluding hydrogens is 420 g/mol. The first-order valence-electron chi connectivity index (χ1n) is 9.70. The summed E-state index contributed by atoms with van der Waals surface area (Å²) < 4.78 is 29.6. The van der Waals surface area contributed by atoms with Crippen molar-refractivity contribution in [3.8, 4) is 0 Å². The van der Waals surface area contributed by atoms with Crippen LogP contribution in [0, 0.1) is 0 Å². The monoisotopic (exact) mass is 440 g/mol. The fourth-order valence-corrected chi connectivity index (χ4v) is 6.32. The maximum absolute atomic E-state index is 12.9. The Labute approximate surface area is 178 Å². The van der Waals surface area contributed by atoms with Crippen LogP contribution < -0.4 is 5.32 Å². The molecule has 1 saturated heterocycles. The number of hydrogen-bond donors (Lipinski definition) is 1. The zero-order chi connectivity index (χ0) is 20.9. The second-order valence-electron chi connectivity index (χ2n) is 7.39. The van der Waals surface area contributed by atoms with Crippen LogP contribution >= 0.6 is 11.3 Å². The molecule has 1 amide bonds. The van der Waals surface area contributed by atoms with Gasteiger partial charge in [-0.05, 0) is 30.4 Å². The maximum atomic E-state index is 12.9. The van der Waals surface area contributed by atoms with Gasteiger partial charge in [0.1, 0.15) is 10.6 Å². The normalized spacial score (nSPS) is 15.2. The number of fused-ring (bicyclic) bond motifs is 3. The Hall–Kier alpha value is -2.75. The number of nitrogens with zero attached hydrogens (tertiary/aromatic N) is 3. The summed E-state index contributed by atoms with van der Waals surface area (Å²) in [4.78, 5) is 17.6. The van der Waals surface area contributed by atoms with Crippen molar-refractivity contribution in [2.75, 3.05) is 18.4 Å². The van der Waals surface area contributed by atoms with Crippen molar-refractivity contribution in [3.63, 3.8) is 0 Å². The molecule has 0 atom stereocenters. The van der Waals surface area contributed by atoms with Gasteiger partial charge >= 0.3 is 0 Å². The van der Waals surface area contributed by atoms with Crippen molar-refractivity contribution < 1.29 is 13.2 Å². The van der Waals surface area contributed by atoms with E-state index >= 15 is 0 Å². The van der Waals surface area contributed by atoms with Crippen molar-refractivity contribution in [2.24, 2.45) is 7.05 Å². The molecule has 0 radical (unpaired) electrons. The molecule has 9 heteroatoms. The fraction of sp³-hybridized carbons (Fsp3) is 0.238. The van der Waals surface area contributed by atoms with E-state index in [1.165, 1.54) is 27.9 Å². The van der Waals surface area contributed by atoms with E-state index in [1.807, 2.05) is 36.4 Å². The zero-order valence-electron chi connectivity index (χ0n) is 16.3. The van der Waals surface area contributed by atoms with Crippen LogP contribution in [0.4, 0.5) is 5.13 Å². The predicted molar refractivity (Wildman–Crippen MR) is 118 cm³/mol. The summed E-state index contributed by atoms with van der Waals surface area (Å²) in [5.41, 5.74) is 1.12. The molecule has 0 spiro atoms. The quantitative estimate of drug-likeness (QED) is 0.523. The molecule has 154 valence electrons. The van der Waals surface area contributed by atoms with Gasteiger partial charge in [0.15, 0.2) is 5.13 Å². The molecule has 30 heavy (non-hydrogen) atoms. The molecule has 7 nitrogen and oxygen atoms in total. The largest absolute Gasteiger partial charge is 0.345 e. The zero-order valence-corrected chi connectivity index (χ0v) is 18.0. The number of aromatic nitrogens is 2. The van der Waals surface area contributed by atoms with Crippen LogP contribution in [0.1, 0.15) is 23.3 Å². The highest BCUT2D eigenvalue weighted by molar-refractivity contribution is 7.89. The molecule has 1 fully saturated rings. The van der Waals surface area contributed by atoms with E-state index < -0.39 is 10.0 Å². The minimum Gasteiger partial charge on any atom is -0.345 e. The Bertz CT molecular complexity index is 1380. The number of rotatable bonds is 4. The van der Waals surface area contributed by atoms with E-state index in [9.17, 15) is 13.2 Å². The van der Waals surface area contributed by atoms with E-state index in [2.05, 4.69) is 10.3 Å². The summed E-state index contributed by atoms with van der Waals surface area (Å²) in [6.07, 6.45) is 3.23. The van der Waals surface area contributed by atoms with E-state index in [1.54, 1.807) is 11.6 Å².